The number of thioether (sulfide) groups is 1. The van der Waals surface area contributed by atoms with Gasteiger partial charge in [0.15, 0.2) is 4.73 Å². The van der Waals surface area contributed by atoms with Gasteiger partial charge in [-0.05, 0) is 15.9 Å². The van der Waals surface area contributed by atoms with Crippen LogP contribution in [-0.4, -0.2) is 25.3 Å². The van der Waals surface area contributed by atoms with Crippen LogP contribution in [0, 0.1) is 0 Å². The highest BCUT2D eigenvalue weighted by Crippen LogP contribution is 2.23. The molecule has 0 radical (unpaired) electrons. The van der Waals surface area contributed by atoms with Crippen LogP contribution in [0.1, 0.15) is 20.8 Å². The molecule has 0 saturated heterocycles. The lowest BCUT2D eigenvalue weighted by Crippen LogP contribution is -2.12. The Labute approximate surface area is 96.8 Å². The molecule has 0 saturated carbocycles. The van der Waals surface area contributed by atoms with E-state index in [4.69, 9.17) is 5.73 Å². The molecule has 1 aromatic heterocycles. The second-order valence-electron chi connectivity index (χ2n) is 3.92. The SMILES string of the molecule is CC(C)(C)SCCn1nc(N)nc1Br. The van der Waals surface area contributed by atoms with Crippen molar-refractivity contribution in [3.63, 3.8) is 0 Å². The number of aryl methyl sites for hydroxylation is 1. The molecule has 1 heterocycles. The Hall–Kier alpha value is -0.230. The number of nitrogens with two attached hydrogens (primary N) is 1. The highest BCUT2D eigenvalue weighted by molar-refractivity contribution is 9.10. The van der Waals surface area contributed by atoms with Gasteiger partial charge in [0, 0.05) is 10.5 Å². The van der Waals surface area contributed by atoms with E-state index in [9.17, 15) is 0 Å². The lowest BCUT2D eigenvalue weighted by Gasteiger charge is -2.17. The summed E-state index contributed by atoms with van der Waals surface area (Å²) >= 11 is 5.19. The number of aromatic nitrogens is 3. The van der Waals surface area contributed by atoms with Crippen LogP contribution in [0.3, 0.4) is 0 Å². The highest BCUT2D eigenvalue weighted by Gasteiger charge is 2.11. The maximum Gasteiger partial charge on any atom is 0.240 e. The van der Waals surface area contributed by atoms with Gasteiger partial charge in [-0.15, -0.1) is 5.10 Å². The van der Waals surface area contributed by atoms with E-state index in [0.29, 0.717) is 15.4 Å². The fourth-order valence-corrected chi connectivity index (χ4v) is 2.23. The van der Waals surface area contributed by atoms with Gasteiger partial charge in [0.25, 0.3) is 0 Å². The zero-order chi connectivity index (χ0) is 10.8. The molecule has 0 bridgehead atoms. The summed E-state index contributed by atoms with van der Waals surface area (Å²) in [5.74, 6) is 1.32. The first-order chi connectivity index (χ1) is 6.38. The van der Waals surface area contributed by atoms with E-state index in [1.165, 1.54) is 0 Å². The van der Waals surface area contributed by atoms with Gasteiger partial charge in [-0.25, -0.2) is 4.68 Å². The monoisotopic (exact) mass is 278 g/mol. The Bertz CT molecular complexity index is 305. The topological polar surface area (TPSA) is 56.7 Å². The Morgan fingerprint density at radius 2 is 2.14 bits per heavy atom. The fourth-order valence-electron chi connectivity index (χ4n) is 0.920. The largest absolute Gasteiger partial charge is 0.366 e. The van der Waals surface area contributed by atoms with Crippen molar-refractivity contribution in [2.24, 2.45) is 0 Å². The van der Waals surface area contributed by atoms with Gasteiger partial charge in [-0.1, -0.05) is 20.8 Å². The molecule has 0 amide bonds. The van der Waals surface area contributed by atoms with Crippen molar-refractivity contribution < 1.29 is 0 Å². The van der Waals surface area contributed by atoms with Crippen molar-refractivity contribution in [1.82, 2.24) is 14.8 Å². The number of halogens is 1. The molecule has 0 aromatic carbocycles. The summed E-state index contributed by atoms with van der Waals surface area (Å²) in [5.41, 5.74) is 5.46. The number of anilines is 1. The quantitative estimate of drug-likeness (QED) is 0.921. The normalized spacial score (nSPS) is 12.0. The van der Waals surface area contributed by atoms with Crippen LogP contribution in [0.15, 0.2) is 4.73 Å². The predicted molar refractivity (Wildman–Crippen MR) is 64.3 cm³/mol. The number of nitrogens with zero attached hydrogens (tertiary/aromatic N) is 3. The minimum atomic E-state index is 0.290. The molecule has 0 spiro atoms. The summed E-state index contributed by atoms with van der Waals surface area (Å²) in [4.78, 5) is 3.96. The van der Waals surface area contributed by atoms with E-state index in [1.54, 1.807) is 4.68 Å². The highest BCUT2D eigenvalue weighted by atomic mass is 79.9. The summed E-state index contributed by atoms with van der Waals surface area (Å²) in [6.07, 6.45) is 0. The molecule has 2 N–H and O–H groups in total. The van der Waals surface area contributed by atoms with Gasteiger partial charge >= 0.3 is 0 Å². The summed E-state index contributed by atoms with van der Waals surface area (Å²) in [6.45, 7) is 7.42. The molecular formula is C8H15BrN4S. The van der Waals surface area contributed by atoms with Gasteiger partial charge in [0.2, 0.25) is 5.95 Å². The molecule has 1 rings (SSSR count). The van der Waals surface area contributed by atoms with Crippen LogP contribution in [0.25, 0.3) is 0 Å². The van der Waals surface area contributed by atoms with Crippen LogP contribution in [-0.2, 0) is 6.54 Å². The Kier molecular flexibility index (Phi) is 3.83. The molecule has 0 atom stereocenters. The van der Waals surface area contributed by atoms with Gasteiger partial charge in [-0.3, -0.25) is 0 Å². The second kappa shape index (κ2) is 4.53. The second-order valence-corrected chi connectivity index (χ2v) is 6.55. The van der Waals surface area contributed by atoms with Crippen LogP contribution in [0.5, 0.6) is 0 Å². The lowest BCUT2D eigenvalue weighted by molar-refractivity contribution is 0.647. The van der Waals surface area contributed by atoms with Crippen LogP contribution in [0.4, 0.5) is 5.95 Å². The zero-order valence-electron chi connectivity index (χ0n) is 8.62. The maximum absolute atomic E-state index is 5.46. The molecule has 80 valence electrons. The molecule has 0 unspecified atom stereocenters. The van der Waals surface area contributed by atoms with Gasteiger partial charge in [0.05, 0.1) is 6.54 Å². The van der Waals surface area contributed by atoms with Crippen molar-refractivity contribution >= 4 is 33.6 Å². The van der Waals surface area contributed by atoms with E-state index in [1.807, 2.05) is 11.8 Å². The minimum Gasteiger partial charge on any atom is -0.366 e. The zero-order valence-corrected chi connectivity index (χ0v) is 11.0. The van der Waals surface area contributed by atoms with Crippen molar-refractivity contribution in [2.75, 3.05) is 11.5 Å². The summed E-state index contributed by atoms with van der Waals surface area (Å²) in [7, 11) is 0. The third kappa shape index (κ3) is 3.88. The molecular weight excluding hydrogens is 264 g/mol. The van der Waals surface area contributed by atoms with Crippen molar-refractivity contribution in [3.8, 4) is 0 Å². The third-order valence-electron chi connectivity index (χ3n) is 1.48. The van der Waals surface area contributed by atoms with Crippen molar-refractivity contribution in [2.45, 2.75) is 32.1 Å². The number of hydrogen-bond acceptors (Lipinski definition) is 4. The molecule has 0 aliphatic rings. The summed E-state index contributed by atoms with van der Waals surface area (Å²) < 4.78 is 2.76. The molecule has 14 heavy (non-hydrogen) atoms. The number of nitrogen functional groups attached to an aromatic ring is 1. The van der Waals surface area contributed by atoms with E-state index < -0.39 is 0 Å². The summed E-state index contributed by atoms with van der Waals surface area (Å²) in [5, 5.41) is 4.05. The average Bonchev–Trinajstić information content (AvgIpc) is 2.27. The van der Waals surface area contributed by atoms with E-state index in [0.717, 1.165) is 12.3 Å². The summed E-state index contributed by atoms with van der Waals surface area (Å²) in [6, 6.07) is 0. The fraction of sp³-hybridized carbons (Fsp3) is 0.750. The average molecular weight is 279 g/mol. The Morgan fingerprint density at radius 3 is 2.57 bits per heavy atom. The third-order valence-corrected chi connectivity index (χ3v) is 3.32. The molecule has 4 nitrogen and oxygen atoms in total. The van der Waals surface area contributed by atoms with Crippen LogP contribution >= 0.6 is 27.7 Å². The molecule has 1 aromatic rings. The smallest absolute Gasteiger partial charge is 0.240 e. The first-order valence-electron chi connectivity index (χ1n) is 4.38. The van der Waals surface area contributed by atoms with Crippen molar-refractivity contribution in [1.29, 1.82) is 0 Å². The Balaban J connectivity index is 2.42. The molecule has 6 heteroatoms. The van der Waals surface area contributed by atoms with Gasteiger partial charge in [-0.2, -0.15) is 16.7 Å². The number of rotatable bonds is 3. The first kappa shape index (κ1) is 11.8. The lowest BCUT2D eigenvalue weighted by atomic mass is 10.3. The van der Waals surface area contributed by atoms with Gasteiger partial charge in [0.1, 0.15) is 0 Å². The van der Waals surface area contributed by atoms with Gasteiger partial charge < -0.3 is 5.73 Å². The van der Waals surface area contributed by atoms with Crippen LogP contribution in [0.2, 0.25) is 0 Å². The standard InChI is InChI=1S/C8H15BrN4S/c1-8(2,3)14-5-4-13-6(9)11-7(10)12-13/h4-5H2,1-3H3,(H2,10,12). The minimum absolute atomic E-state index is 0.290. The van der Waals surface area contributed by atoms with Crippen molar-refractivity contribution in [3.05, 3.63) is 4.73 Å². The Morgan fingerprint density at radius 1 is 1.50 bits per heavy atom. The number of hydrogen-bond donors (Lipinski definition) is 1. The predicted octanol–water partition coefficient (Wildman–Crippen LogP) is 2.15. The van der Waals surface area contributed by atoms with E-state index in [-0.39, 0.29) is 0 Å². The molecule has 0 aliphatic heterocycles. The molecule has 0 aliphatic carbocycles. The van der Waals surface area contributed by atoms with E-state index in [2.05, 4.69) is 46.8 Å². The molecule has 0 fully saturated rings. The van der Waals surface area contributed by atoms with Crippen LogP contribution < -0.4 is 5.73 Å². The van der Waals surface area contributed by atoms with E-state index >= 15 is 0 Å². The first-order valence-corrected chi connectivity index (χ1v) is 6.16. The maximum atomic E-state index is 5.46.